The fourth-order valence-electron chi connectivity index (χ4n) is 2.96. The van der Waals surface area contributed by atoms with Gasteiger partial charge >= 0.3 is 0 Å². The van der Waals surface area contributed by atoms with E-state index < -0.39 is 0 Å². The predicted molar refractivity (Wildman–Crippen MR) is 112 cm³/mol. The van der Waals surface area contributed by atoms with E-state index in [0.717, 1.165) is 0 Å². The van der Waals surface area contributed by atoms with Gasteiger partial charge in [0.05, 0.1) is 22.2 Å². The van der Waals surface area contributed by atoms with Crippen molar-refractivity contribution < 1.29 is 9.53 Å². The maximum atomic E-state index is 12.7. The van der Waals surface area contributed by atoms with E-state index >= 15 is 0 Å². The first-order valence-electron chi connectivity index (χ1n) is 9.09. The van der Waals surface area contributed by atoms with E-state index in [1.165, 1.54) is 0 Å². The lowest BCUT2D eigenvalue weighted by molar-refractivity contribution is 0.102. The molecule has 0 aliphatic carbocycles. The number of benzene rings is 2. The molecule has 0 fully saturated rings. The van der Waals surface area contributed by atoms with Gasteiger partial charge in [0, 0.05) is 17.8 Å². The summed E-state index contributed by atoms with van der Waals surface area (Å²) < 4.78 is 7.25. The van der Waals surface area contributed by atoms with Crippen molar-refractivity contribution in [2.45, 2.75) is 40.3 Å². The van der Waals surface area contributed by atoms with Crippen molar-refractivity contribution in [3.05, 3.63) is 63.0 Å². The van der Waals surface area contributed by atoms with Crippen LogP contribution in [0, 0.1) is 6.92 Å². The lowest BCUT2D eigenvalue weighted by atomic mass is 10.1. The highest BCUT2D eigenvalue weighted by atomic mass is 35.5. The number of nitrogens with one attached hydrogen (secondary N) is 1. The number of anilines is 1. The quantitative estimate of drug-likeness (QED) is 0.689. The maximum Gasteiger partial charge on any atom is 0.272 e. The van der Waals surface area contributed by atoms with Gasteiger partial charge < -0.3 is 14.6 Å². The Kier molecular flexibility index (Phi) is 5.70. The second-order valence-corrected chi connectivity index (χ2v) is 7.12. The number of carbonyl (C=O) groups is 1. The Morgan fingerprint density at radius 2 is 2.00 bits per heavy atom. The van der Waals surface area contributed by atoms with Gasteiger partial charge in [0.1, 0.15) is 11.4 Å². The molecule has 0 radical (unpaired) electrons. The number of halogens is 1. The minimum Gasteiger partial charge on any atom is -0.489 e. The fourth-order valence-corrected chi connectivity index (χ4v) is 3.19. The third kappa shape index (κ3) is 4.02. The van der Waals surface area contributed by atoms with Crippen LogP contribution in [0.4, 0.5) is 5.69 Å². The molecule has 0 spiro atoms. The minimum absolute atomic E-state index is 0.00650. The summed E-state index contributed by atoms with van der Waals surface area (Å²) in [5, 5.41) is 3.25. The van der Waals surface area contributed by atoms with Crippen LogP contribution in [-0.2, 0) is 6.54 Å². The normalized spacial score (nSPS) is 11.1. The van der Waals surface area contributed by atoms with E-state index in [1.54, 1.807) is 47.9 Å². The molecule has 0 aliphatic heterocycles. The van der Waals surface area contributed by atoms with Crippen molar-refractivity contribution in [1.29, 1.82) is 0 Å². The molecule has 3 rings (SSSR count). The molecular weight excluding hydrogens is 378 g/mol. The topological polar surface area (TPSA) is 73.2 Å². The van der Waals surface area contributed by atoms with Crippen molar-refractivity contribution in [1.82, 2.24) is 9.55 Å². The van der Waals surface area contributed by atoms with Crippen LogP contribution in [-0.4, -0.2) is 21.6 Å². The number of nitrogens with zero attached hydrogens (tertiary/aromatic N) is 2. The molecule has 28 heavy (non-hydrogen) atoms. The summed E-state index contributed by atoms with van der Waals surface area (Å²) in [5.74, 6) is 0.279. The smallest absolute Gasteiger partial charge is 0.272 e. The lowest BCUT2D eigenvalue weighted by Gasteiger charge is -2.13. The van der Waals surface area contributed by atoms with E-state index in [2.05, 4.69) is 10.3 Å². The van der Waals surface area contributed by atoms with Gasteiger partial charge in [0.25, 0.3) is 11.5 Å². The molecule has 0 unspecified atom stereocenters. The van der Waals surface area contributed by atoms with Crippen molar-refractivity contribution in [2.75, 3.05) is 5.32 Å². The summed E-state index contributed by atoms with van der Waals surface area (Å²) in [6.45, 7) is 7.94. The first kappa shape index (κ1) is 19.9. The van der Waals surface area contributed by atoms with Crippen LogP contribution in [0.3, 0.4) is 0 Å². The SMILES string of the molecule is CCn1c(=O)c(C)nc2cc(C(=O)Nc3ccc(OC(C)C)c(Cl)c3)ccc21. The number of aromatic nitrogens is 2. The summed E-state index contributed by atoms with van der Waals surface area (Å²) in [6, 6.07) is 10.2. The average molecular weight is 400 g/mol. The van der Waals surface area contributed by atoms with Gasteiger partial charge in [-0.25, -0.2) is 4.98 Å². The molecule has 0 atom stereocenters. The minimum atomic E-state index is -0.288. The molecule has 0 saturated carbocycles. The molecule has 0 bridgehead atoms. The molecule has 0 aliphatic rings. The Morgan fingerprint density at radius 3 is 2.64 bits per heavy atom. The maximum absolute atomic E-state index is 12.7. The van der Waals surface area contributed by atoms with Gasteiger partial charge in [-0.15, -0.1) is 0 Å². The molecular formula is C21H22ClN3O3. The zero-order valence-corrected chi connectivity index (χ0v) is 17.0. The number of hydrogen-bond donors (Lipinski definition) is 1. The molecule has 0 saturated heterocycles. The summed E-state index contributed by atoms with van der Waals surface area (Å²) in [4.78, 5) is 29.2. The molecule has 6 nitrogen and oxygen atoms in total. The second-order valence-electron chi connectivity index (χ2n) is 6.72. The van der Waals surface area contributed by atoms with Crippen LogP contribution in [0.2, 0.25) is 5.02 Å². The van der Waals surface area contributed by atoms with E-state index in [-0.39, 0.29) is 17.6 Å². The van der Waals surface area contributed by atoms with Crippen LogP contribution >= 0.6 is 11.6 Å². The van der Waals surface area contributed by atoms with Crippen LogP contribution in [0.5, 0.6) is 5.75 Å². The summed E-state index contributed by atoms with van der Waals surface area (Å²) in [6.07, 6.45) is 0.00650. The van der Waals surface area contributed by atoms with E-state index in [4.69, 9.17) is 16.3 Å². The molecule has 1 heterocycles. The monoisotopic (exact) mass is 399 g/mol. The molecule has 146 valence electrons. The van der Waals surface area contributed by atoms with Crippen LogP contribution < -0.4 is 15.6 Å². The number of aryl methyl sites for hydroxylation is 2. The van der Waals surface area contributed by atoms with E-state index in [0.29, 0.717) is 45.3 Å². The lowest BCUT2D eigenvalue weighted by Crippen LogP contribution is -2.23. The number of hydrogen-bond acceptors (Lipinski definition) is 4. The fraction of sp³-hybridized carbons (Fsp3) is 0.286. The van der Waals surface area contributed by atoms with Gasteiger partial charge in [-0.2, -0.15) is 0 Å². The Labute approximate surface area is 168 Å². The van der Waals surface area contributed by atoms with Crippen molar-refractivity contribution >= 4 is 34.2 Å². The molecule has 2 aromatic carbocycles. The summed E-state index contributed by atoms with van der Waals surface area (Å²) in [7, 11) is 0. The standard InChI is InChI=1S/C21H22ClN3O3/c1-5-25-18-8-6-14(10-17(18)23-13(4)21(25)27)20(26)24-15-7-9-19(16(22)11-15)28-12(2)3/h6-12H,5H2,1-4H3,(H,24,26). The zero-order valence-electron chi connectivity index (χ0n) is 16.2. The number of carbonyl (C=O) groups excluding carboxylic acids is 1. The first-order valence-corrected chi connectivity index (χ1v) is 9.46. The van der Waals surface area contributed by atoms with Gasteiger partial charge in [-0.3, -0.25) is 9.59 Å². The largest absolute Gasteiger partial charge is 0.489 e. The van der Waals surface area contributed by atoms with Crippen molar-refractivity contribution in [3.63, 3.8) is 0 Å². The van der Waals surface area contributed by atoms with Crippen molar-refractivity contribution in [2.24, 2.45) is 0 Å². The van der Waals surface area contributed by atoms with Crippen molar-refractivity contribution in [3.8, 4) is 5.75 Å². The van der Waals surface area contributed by atoms with Gasteiger partial charge in [-0.1, -0.05) is 11.6 Å². The van der Waals surface area contributed by atoms with E-state index in [9.17, 15) is 9.59 Å². The van der Waals surface area contributed by atoms with Gasteiger partial charge in [0.2, 0.25) is 0 Å². The Hall–Kier alpha value is -2.86. The first-order chi connectivity index (χ1) is 13.3. The molecule has 7 heteroatoms. The van der Waals surface area contributed by atoms with Gasteiger partial charge in [0.15, 0.2) is 0 Å². The Bertz CT molecular complexity index is 1110. The number of rotatable bonds is 5. The highest BCUT2D eigenvalue weighted by molar-refractivity contribution is 6.32. The van der Waals surface area contributed by atoms with E-state index in [1.807, 2.05) is 20.8 Å². The molecule has 1 amide bonds. The third-order valence-electron chi connectivity index (χ3n) is 4.24. The highest BCUT2D eigenvalue weighted by Crippen LogP contribution is 2.28. The average Bonchev–Trinajstić information content (AvgIpc) is 2.64. The van der Waals surface area contributed by atoms with Crippen LogP contribution in [0.15, 0.2) is 41.2 Å². The number of fused-ring (bicyclic) bond motifs is 1. The Morgan fingerprint density at radius 1 is 1.25 bits per heavy atom. The predicted octanol–water partition coefficient (Wildman–Crippen LogP) is 4.42. The molecule has 3 aromatic rings. The molecule has 1 N–H and O–H groups in total. The van der Waals surface area contributed by atoms with Gasteiger partial charge in [-0.05, 0) is 64.1 Å². The zero-order chi connectivity index (χ0) is 20.4. The third-order valence-corrected chi connectivity index (χ3v) is 4.54. The second kappa shape index (κ2) is 8.02. The summed E-state index contributed by atoms with van der Waals surface area (Å²) in [5.41, 5.74) is 2.59. The number of amides is 1. The van der Waals surface area contributed by atoms with Crippen LogP contribution in [0.25, 0.3) is 11.0 Å². The number of ether oxygens (including phenoxy) is 1. The Balaban J connectivity index is 1.89. The highest BCUT2D eigenvalue weighted by Gasteiger charge is 2.12. The summed E-state index contributed by atoms with van der Waals surface area (Å²) >= 11 is 6.23. The molecule has 1 aromatic heterocycles. The van der Waals surface area contributed by atoms with Crippen LogP contribution in [0.1, 0.15) is 36.8 Å².